The molecule has 2 bridgehead atoms. The summed E-state index contributed by atoms with van der Waals surface area (Å²) < 4.78 is 7.19. The number of pyridine rings is 1. The number of carbonyl (C=O) groups excluding carboxylic acids is 3. The molecule has 4 amide bonds. The number of methoxy groups -OCH3 is 1. The van der Waals surface area contributed by atoms with E-state index in [1.54, 1.807) is 13.2 Å². The van der Waals surface area contributed by atoms with Gasteiger partial charge in [-0.15, -0.1) is 0 Å². The number of carbonyl (C=O) groups is 3. The Hall–Kier alpha value is -3.46. The van der Waals surface area contributed by atoms with Crippen LogP contribution in [0.4, 0.5) is 4.79 Å². The van der Waals surface area contributed by atoms with Crippen LogP contribution in [0.1, 0.15) is 55.7 Å². The van der Waals surface area contributed by atoms with Crippen molar-refractivity contribution in [3.63, 3.8) is 0 Å². The van der Waals surface area contributed by atoms with Crippen molar-refractivity contribution >= 4 is 17.8 Å². The third-order valence-corrected chi connectivity index (χ3v) is 9.16. The molecule has 3 atom stereocenters. The van der Waals surface area contributed by atoms with Gasteiger partial charge in [-0.1, -0.05) is 37.5 Å². The number of hydrogen-bond acceptors (Lipinski definition) is 6. The number of nitrogens with zero attached hydrogens (tertiary/aromatic N) is 3. The van der Waals surface area contributed by atoms with E-state index in [1.807, 2.05) is 41.0 Å². The Morgan fingerprint density at radius 1 is 0.949 bits per heavy atom. The van der Waals surface area contributed by atoms with Crippen LogP contribution in [0.2, 0.25) is 0 Å². The highest BCUT2D eigenvalue weighted by Crippen LogP contribution is 2.39. The zero-order chi connectivity index (χ0) is 27.1. The number of nitrogens with one attached hydrogen (secondary N) is 1. The SMILES string of the molecule is COc1ccc(CC2(CN3C[C@@H]4C[C@H](C3)c3cccc(=O)n3C4)C(=O)NC(=O)N(C3CCCCC3)C2=O)cc1. The van der Waals surface area contributed by atoms with Gasteiger partial charge in [0.2, 0.25) is 11.8 Å². The molecule has 0 spiro atoms. The van der Waals surface area contributed by atoms with Gasteiger partial charge in [-0.05, 0) is 55.4 Å². The Balaban J connectivity index is 1.34. The molecule has 1 aliphatic carbocycles. The summed E-state index contributed by atoms with van der Waals surface area (Å²) in [5, 5.41) is 2.58. The number of likely N-dealkylation sites (tertiary alicyclic amines) is 1. The molecule has 39 heavy (non-hydrogen) atoms. The molecule has 4 aliphatic rings. The maximum atomic E-state index is 14.4. The molecule has 9 nitrogen and oxygen atoms in total. The lowest BCUT2D eigenvalue weighted by Crippen LogP contribution is -2.69. The third kappa shape index (κ3) is 4.67. The Kier molecular flexibility index (Phi) is 6.79. The van der Waals surface area contributed by atoms with Gasteiger partial charge >= 0.3 is 6.03 Å². The molecule has 9 heteroatoms. The quantitative estimate of drug-likeness (QED) is 0.575. The second-order valence-corrected chi connectivity index (χ2v) is 11.7. The Labute approximate surface area is 228 Å². The summed E-state index contributed by atoms with van der Waals surface area (Å²) in [4.78, 5) is 57.3. The van der Waals surface area contributed by atoms with Gasteiger partial charge in [0.15, 0.2) is 0 Å². The number of piperidine rings is 1. The number of barbiturate groups is 1. The Bertz CT molecular complexity index is 1330. The standard InChI is InChI=1S/C30H36N4O5/c1-39-24-12-10-20(11-13-24)15-30(27(36)31-29(38)34(28(30)37)23-6-3-2-4-7-23)19-32-16-21-14-22(18-32)25-8-5-9-26(35)33(25)17-21/h5,8-13,21-23H,2-4,6-7,14-19H2,1H3,(H,31,36,38)/t21-,22+,30?/m0/s1. The summed E-state index contributed by atoms with van der Waals surface area (Å²) >= 11 is 0. The van der Waals surface area contributed by atoms with E-state index in [1.165, 1.54) is 4.90 Å². The lowest BCUT2D eigenvalue weighted by atomic mass is 9.75. The van der Waals surface area contributed by atoms with Crippen LogP contribution in [-0.4, -0.2) is 65.0 Å². The first-order valence-corrected chi connectivity index (χ1v) is 14.1. The van der Waals surface area contributed by atoms with Gasteiger partial charge in [-0.25, -0.2) is 4.79 Å². The normalized spacial score (nSPS) is 27.7. The van der Waals surface area contributed by atoms with Crippen molar-refractivity contribution in [1.82, 2.24) is 19.7 Å². The molecule has 4 heterocycles. The number of fused-ring (bicyclic) bond motifs is 4. The van der Waals surface area contributed by atoms with Crippen molar-refractivity contribution in [1.29, 1.82) is 0 Å². The zero-order valence-corrected chi connectivity index (χ0v) is 22.4. The first-order chi connectivity index (χ1) is 18.9. The predicted molar refractivity (Wildman–Crippen MR) is 144 cm³/mol. The molecule has 0 radical (unpaired) electrons. The van der Waals surface area contributed by atoms with Crippen LogP contribution in [-0.2, 0) is 22.6 Å². The number of ether oxygens (including phenoxy) is 1. The summed E-state index contributed by atoms with van der Waals surface area (Å²) in [5.41, 5.74) is 0.453. The summed E-state index contributed by atoms with van der Waals surface area (Å²) in [6.07, 6.45) is 5.75. The van der Waals surface area contributed by atoms with Crippen LogP contribution in [0.3, 0.4) is 0 Å². The minimum absolute atomic E-state index is 0.0232. The van der Waals surface area contributed by atoms with Crippen molar-refractivity contribution in [2.45, 2.75) is 63.5 Å². The first-order valence-electron chi connectivity index (χ1n) is 14.1. The van der Waals surface area contributed by atoms with Gasteiger partial charge in [-0.2, -0.15) is 0 Å². The van der Waals surface area contributed by atoms with E-state index in [4.69, 9.17) is 4.74 Å². The molecule has 1 aromatic carbocycles. The number of aromatic nitrogens is 1. The maximum Gasteiger partial charge on any atom is 0.331 e. The van der Waals surface area contributed by atoms with Crippen LogP contribution in [0.25, 0.3) is 0 Å². The number of rotatable bonds is 6. The van der Waals surface area contributed by atoms with E-state index in [9.17, 15) is 19.2 Å². The second-order valence-electron chi connectivity index (χ2n) is 11.7. The highest BCUT2D eigenvalue weighted by atomic mass is 16.5. The second kappa shape index (κ2) is 10.3. The van der Waals surface area contributed by atoms with E-state index in [-0.39, 0.29) is 42.3 Å². The van der Waals surface area contributed by atoms with Gasteiger partial charge in [0.1, 0.15) is 11.2 Å². The molecule has 3 fully saturated rings. The van der Waals surface area contributed by atoms with E-state index < -0.39 is 17.4 Å². The largest absolute Gasteiger partial charge is 0.497 e. The van der Waals surface area contributed by atoms with Gasteiger partial charge in [0.05, 0.1) is 7.11 Å². The fraction of sp³-hybridized carbons (Fsp3) is 0.533. The van der Waals surface area contributed by atoms with Gasteiger partial charge < -0.3 is 14.2 Å². The van der Waals surface area contributed by atoms with Crippen molar-refractivity contribution in [3.8, 4) is 5.75 Å². The van der Waals surface area contributed by atoms with E-state index >= 15 is 0 Å². The molecule has 2 aromatic rings. The molecule has 6 rings (SSSR count). The molecule has 2 saturated heterocycles. The van der Waals surface area contributed by atoms with Crippen LogP contribution in [0.5, 0.6) is 5.75 Å². The smallest absolute Gasteiger partial charge is 0.331 e. The number of urea groups is 1. The molecule has 1 saturated carbocycles. The fourth-order valence-electron chi connectivity index (χ4n) is 7.32. The molecular formula is C30H36N4O5. The predicted octanol–water partition coefficient (Wildman–Crippen LogP) is 2.92. The summed E-state index contributed by atoms with van der Waals surface area (Å²) in [5.74, 6) is 0.206. The lowest BCUT2D eigenvalue weighted by molar-refractivity contribution is -0.155. The molecule has 1 aromatic heterocycles. The van der Waals surface area contributed by atoms with Gasteiger partial charge in [0.25, 0.3) is 5.56 Å². The topological polar surface area (TPSA) is 101 Å². The number of imide groups is 2. The molecule has 1 unspecified atom stereocenters. The summed E-state index contributed by atoms with van der Waals surface area (Å²) in [6.45, 7) is 2.21. The highest BCUT2D eigenvalue weighted by molar-refractivity contribution is 6.19. The lowest BCUT2D eigenvalue weighted by Gasteiger charge is -2.48. The number of benzene rings is 1. The monoisotopic (exact) mass is 532 g/mol. The molecule has 1 N–H and O–H groups in total. The highest BCUT2D eigenvalue weighted by Gasteiger charge is 2.56. The van der Waals surface area contributed by atoms with Crippen molar-refractivity contribution in [3.05, 3.63) is 64.1 Å². The van der Waals surface area contributed by atoms with Crippen LogP contribution in [0, 0.1) is 11.3 Å². The minimum atomic E-state index is -1.43. The minimum Gasteiger partial charge on any atom is -0.497 e. The van der Waals surface area contributed by atoms with Gasteiger partial charge in [0, 0.05) is 49.9 Å². The Morgan fingerprint density at radius 3 is 2.46 bits per heavy atom. The third-order valence-electron chi connectivity index (χ3n) is 9.16. The van der Waals surface area contributed by atoms with Crippen LogP contribution < -0.4 is 15.6 Å². The molecular weight excluding hydrogens is 496 g/mol. The first kappa shape index (κ1) is 25.8. The van der Waals surface area contributed by atoms with Crippen molar-refractivity contribution in [2.24, 2.45) is 11.3 Å². The summed E-state index contributed by atoms with van der Waals surface area (Å²) in [6, 6.07) is 12.1. The fourth-order valence-corrected chi connectivity index (χ4v) is 7.32. The van der Waals surface area contributed by atoms with Crippen LogP contribution in [0.15, 0.2) is 47.3 Å². The summed E-state index contributed by atoms with van der Waals surface area (Å²) in [7, 11) is 1.60. The average Bonchev–Trinajstić information content (AvgIpc) is 2.93. The average molecular weight is 533 g/mol. The van der Waals surface area contributed by atoms with Crippen LogP contribution >= 0.6 is 0 Å². The van der Waals surface area contributed by atoms with E-state index in [0.29, 0.717) is 25.4 Å². The molecule has 3 aliphatic heterocycles. The van der Waals surface area contributed by atoms with Gasteiger partial charge in [-0.3, -0.25) is 24.6 Å². The number of amides is 4. The number of hydrogen-bond donors (Lipinski definition) is 1. The Morgan fingerprint density at radius 2 is 1.72 bits per heavy atom. The van der Waals surface area contributed by atoms with Crippen molar-refractivity contribution in [2.75, 3.05) is 26.7 Å². The van der Waals surface area contributed by atoms with Crippen molar-refractivity contribution < 1.29 is 19.1 Å². The van der Waals surface area contributed by atoms with E-state index in [2.05, 4.69) is 10.2 Å². The van der Waals surface area contributed by atoms with E-state index in [0.717, 1.165) is 49.8 Å². The zero-order valence-electron chi connectivity index (χ0n) is 22.4. The maximum absolute atomic E-state index is 14.4. The molecule has 206 valence electrons.